The molecular weight excluding hydrogens is 393 g/mol. The Kier molecular flexibility index (Phi) is 4.44. The molecule has 3 heterocycles. The number of aliphatic hydroxyl groups excluding tert-OH is 2. The maximum Gasteiger partial charge on any atom is 0.226 e. The lowest BCUT2D eigenvalue weighted by Gasteiger charge is -2.23. The van der Waals surface area contributed by atoms with Crippen LogP contribution in [-0.2, 0) is 4.74 Å². The van der Waals surface area contributed by atoms with Gasteiger partial charge in [0.15, 0.2) is 23.2 Å². The van der Waals surface area contributed by atoms with Crippen LogP contribution in [0.2, 0.25) is 5.28 Å². The largest absolute Gasteiger partial charge is 0.387 e. The Hall–Kier alpha value is -1.19. The summed E-state index contributed by atoms with van der Waals surface area (Å²) in [5, 5.41) is 24.1. The minimum atomic E-state index is -1.14. The summed E-state index contributed by atoms with van der Waals surface area (Å²) in [5.74, 6) is 2.14. The lowest BCUT2D eigenvalue weighted by Crippen LogP contribution is -2.32. The zero-order valence-electron chi connectivity index (χ0n) is 14.5. The van der Waals surface area contributed by atoms with E-state index in [9.17, 15) is 10.2 Å². The Morgan fingerprint density at radius 1 is 1.22 bits per heavy atom. The molecule has 27 heavy (non-hydrogen) atoms. The second kappa shape index (κ2) is 6.70. The molecule has 10 heteroatoms. The van der Waals surface area contributed by atoms with E-state index in [4.69, 9.17) is 27.9 Å². The lowest BCUT2D eigenvalue weighted by atomic mass is 9.95. The molecule has 2 aliphatic carbocycles. The van der Waals surface area contributed by atoms with Crippen LogP contribution in [0.4, 0.5) is 5.82 Å². The van der Waals surface area contributed by atoms with Gasteiger partial charge in [0.25, 0.3) is 0 Å². The second-order valence-corrected chi connectivity index (χ2v) is 8.44. The van der Waals surface area contributed by atoms with Gasteiger partial charge >= 0.3 is 0 Å². The highest BCUT2D eigenvalue weighted by atomic mass is 35.5. The maximum atomic E-state index is 10.4. The minimum absolute atomic E-state index is 0.0775. The van der Waals surface area contributed by atoms with E-state index >= 15 is 0 Å². The van der Waals surface area contributed by atoms with Crippen molar-refractivity contribution < 1.29 is 14.9 Å². The number of hydrogen-bond acceptors (Lipinski definition) is 7. The maximum absolute atomic E-state index is 10.4. The Labute approximate surface area is 165 Å². The number of nitrogens with zero attached hydrogens (tertiary/aromatic N) is 4. The summed E-state index contributed by atoms with van der Waals surface area (Å²) in [6.07, 6.45) is 2.80. The van der Waals surface area contributed by atoms with E-state index in [0.29, 0.717) is 28.9 Å². The number of aromatic nitrogens is 4. The van der Waals surface area contributed by atoms with Crippen molar-refractivity contribution in [3.63, 3.8) is 0 Å². The Morgan fingerprint density at radius 3 is 2.74 bits per heavy atom. The zero-order valence-corrected chi connectivity index (χ0v) is 16.0. The van der Waals surface area contributed by atoms with E-state index in [0.717, 1.165) is 12.3 Å². The Morgan fingerprint density at radius 2 is 2.07 bits per heavy atom. The van der Waals surface area contributed by atoms with Crippen LogP contribution in [0.25, 0.3) is 11.2 Å². The number of imidazole rings is 1. The standard InChI is InChI=1S/C17H21Cl2N5O3/c18-5-10-12(25)13(26)16(27-10)24-6-20-11-14(22-17(19)23-15(11)24)21-9-4-7-1-2-8(9)3-7/h6-10,12-13,16,25-26H,1-5H2,(H,21,22,23)/t7-,8+,9-,10+,12+,13+,16+/m0/s1. The summed E-state index contributed by atoms with van der Waals surface area (Å²) in [6.45, 7) is 0. The van der Waals surface area contributed by atoms with Gasteiger partial charge in [-0.1, -0.05) is 6.42 Å². The van der Waals surface area contributed by atoms with Gasteiger partial charge in [-0.25, -0.2) is 4.98 Å². The molecule has 0 amide bonds. The van der Waals surface area contributed by atoms with E-state index in [1.54, 1.807) is 4.57 Å². The molecule has 2 aromatic rings. The van der Waals surface area contributed by atoms with Crippen molar-refractivity contribution in [2.24, 2.45) is 11.8 Å². The van der Waals surface area contributed by atoms with Gasteiger partial charge in [0.1, 0.15) is 18.3 Å². The second-order valence-electron chi connectivity index (χ2n) is 7.79. The van der Waals surface area contributed by atoms with Gasteiger partial charge in [-0.05, 0) is 42.7 Å². The molecule has 7 atom stereocenters. The molecule has 146 valence electrons. The molecule has 2 saturated carbocycles. The van der Waals surface area contributed by atoms with Gasteiger partial charge < -0.3 is 20.3 Å². The van der Waals surface area contributed by atoms with Gasteiger partial charge in [0.2, 0.25) is 5.28 Å². The molecule has 0 aromatic carbocycles. The quantitative estimate of drug-likeness (QED) is 0.519. The van der Waals surface area contributed by atoms with Gasteiger partial charge in [-0.3, -0.25) is 4.57 Å². The predicted octanol–water partition coefficient (Wildman–Crippen LogP) is 1.94. The molecule has 3 aliphatic rings. The van der Waals surface area contributed by atoms with Gasteiger partial charge in [0, 0.05) is 6.04 Å². The van der Waals surface area contributed by atoms with Gasteiger partial charge in [-0.15, -0.1) is 11.6 Å². The molecule has 0 spiro atoms. The van der Waals surface area contributed by atoms with Crippen LogP contribution in [-0.4, -0.2) is 60.0 Å². The smallest absolute Gasteiger partial charge is 0.226 e. The van der Waals surface area contributed by atoms with E-state index < -0.39 is 24.5 Å². The highest BCUT2D eigenvalue weighted by Gasteiger charge is 2.44. The summed E-state index contributed by atoms with van der Waals surface area (Å²) in [4.78, 5) is 13.1. The van der Waals surface area contributed by atoms with Crippen molar-refractivity contribution >= 4 is 40.2 Å². The van der Waals surface area contributed by atoms with E-state index in [-0.39, 0.29) is 11.2 Å². The SMILES string of the molecule is O[C@@H]1[C@H](O)[C@@H](CCl)O[C@H]1n1cnc2c(N[C@H]3C[C@H]4CC[C@@H]3C4)nc(Cl)nc21. The van der Waals surface area contributed by atoms with Crippen molar-refractivity contribution in [1.82, 2.24) is 19.5 Å². The van der Waals surface area contributed by atoms with Crippen LogP contribution >= 0.6 is 23.2 Å². The summed E-state index contributed by atoms with van der Waals surface area (Å²) >= 11 is 12.0. The molecule has 1 aliphatic heterocycles. The summed E-state index contributed by atoms with van der Waals surface area (Å²) in [7, 11) is 0. The molecule has 1 saturated heterocycles. The number of rotatable bonds is 4. The fraction of sp³-hybridized carbons (Fsp3) is 0.706. The zero-order chi connectivity index (χ0) is 18.7. The average molecular weight is 414 g/mol. The lowest BCUT2D eigenvalue weighted by molar-refractivity contribution is -0.0291. The van der Waals surface area contributed by atoms with E-state index in [2.05, 4.69) is 20.3 Å². The normalized spacial score (nSPS) is 38.1. The number of hydrogen-bond donors (Lipinski definition) is 3. The van der Waals surface area contributed by atoms with Crippen molar-refractivity contribution in [2.75, 3.05) is 11.2 Å². The molecule has 0 radical (unpaired) electrons. The van der Waals surface area contributed by atoms with Crippen LogP contribution in [0.15, 0.2) is 6.33 Å². The first-order valence-corrected chi connectivity index (χ1v) is 10.2. The van der Waals surface area contributed by atoms with Gasteiger partial charge in [-0.2, -0.15) is 9.97 Å². The average Bonchev–Trinajstić information content (AvgIpc) is 3.41. The first kappa shape index (κ1) is 17.9. The monoisotopic (exact) mass is 413 g/mol. The number of alkyl halides is 1. The summed E-state index contributed by atoms with van der Waals surface area (Å²) in [5.41, 5.74) is 1.02. The first-order valence-electron chi connectivity index (χ1n) is 9.29. The fourth-order valence-corrected chi connectivity index (χ4v) is 5.28. The topological polar surface area (TPSA) is 105 Å². The molecular formula is C17H21Cl2N5O3. The minimum Gasteiger partial charge on any atom is -0.387 e. The van der Waals surface area contributed by atoms with Crippen LogP contribution in [0.3, 0.4) is 0 Å². The number of ether oxygens (including phenoxy) is 1. The van der Waals surface area contributed by atoms with Crippen molar-refractivity contribution in [3.05, 3.63) is 11.6 Å². The summed E-state index contributed by atoms with van der Waals surface area (Å²) < 4.78 is 7.29. The summed E-state index contributed by atoms with van der Waals surface area (Å²) in [6, 6.07) is 0.374. The molecule has 2 bridgehead atoms. The van der Waals surface area contributed by atoms with Crippen LogP contribution in [0.1, 0.15) is 31.9 Å². The number of nitrogens with one attached hydrogen (secondary N) is 1. The number of aliphatic hydroxyl groups is 2. The molecule has 3 fully saturated rings. The Bertz CT molecular complexity index is 864. The molecule has 2 aromatic heterocycles. The third-order valence-corrected chi connectivity index (χ3v) is 6.69. The number of halogens is 2. The predicted molar refractivity (Wildman–Crippen MR) is 99.8 cm³/mol. The van der Waals surface area contributed by atoms with Crippen LogP contribution in [0, 0.1) is 11.8 Å². The molecule has 5 rings (SSSR count). The third-order valence-electron chi connectivity index (χ3n) is 6.22. The van der Waals surface area contributed by atoms with Crippen LogP contribution in [0.5, 0.6) is 0 Å². The Balaban J connectivity index is 1.48. The first-order chi connectivity index (χ1) is 13.0. The van der Waals surface area contributed by atoms with Crippen molar-refractivity contribution in [2.45, 2.75) is 56.3 Å². The fourth-order valence-electron chi connectivity index (χ4n) is 4.86. The van der Waals surface area contributed by atoms with Crippen LogP contribution < -0.4 is 5.32 Å². The number of fused-ring (bicyclic) bond motifs is 3. The van der Waals surface area contributed by atoms with Crippen molar-refractivity contribution in [1.29, 1.82) is 0 Å². The molecule has 8 nitrogen and oxygen atoms in total. The third kappa shape index (κ3) is 2.89. The highest BCUT2D eigenvalue weighted by molar-refractivity contribution is 6.28. The molecule has 3 N–H and O–H groups in total. The highest BCUT2D eigenvalue weighted by Crippen LogP contribution is 2.45. The van der Waals surface area contributed by atoms with E-state index in [1.165, 1.54) is 25.6 Å². The van der Waals surface area contributed by atoms with Gasteiger partial charge in [0.05, 0.1) is 12.2 Å². The number of anilines is 1. The van der Waals surface area contributed by atoms with E-state index in [1.807, 2.05) is 0 Å². The van der Waals surface area contributed by atoms with Crippen molar-refractivity contribution in [3.8, 4) is 0 Å². The molecule has 0 unspecified atom stereocenters.